The van der Waals surface area contributed by atoms with Crippen LogP contribution in [0.15, 0.2) is 18.2 Å². The summed E-state index contributed by atoms with van der Waals surface area (Å²) >= 11 is 0. The normalized spacial score (nSPS) is 22.6. The van der Waals surface area contributed by atoms with E-state index in [-0.39, 0.29) is 10.6 Å². The molecule has 1 atom stereocenters. The van der Waals surface area contributed by atoms with Crippen molar-refractivity contribution in [3.05, 3.63) is 28.3 Å². The molecule has 1 aromatic carbocycles. The molecule has 20 heavy (non-hydrogen) atoms. The molecule has 1 aliphatic heterocycles. The molecule has 108 valence electrons. The number of rotatable bonds is 4. The van der Waals surface area contributed by atoms with Crippen LogP contribution in [0.1, 0.15) is 32.6 Å². The van der Waals surface area contributed by atoms with Gasteiger partial charge < -0.3 is 10.2 Å². The van der Waals surface area contributed by atoms with E-state index in [1.54, 1.807) is 6.07 Å². The molecule has 3 rings (SSSR count). The molecule has 5 heteroatoms. The number of hydrogen-bond donors (Lipinski definition) is 1. The molecule has 0 bridgehead atoms. The zero-order chi connectivity index (χ0) is 14.1. The molecule has 1 aliphatic carbocycles. The summed E-state index contributed by atoms with van der Waals surface area (Å²) in [6, 6.07) is 5.89. The Bertz CT molecular complexity index is 514. The van der Waals surface area contributed by atoms with Gasteiger partial charge in [0.15, 0.2) is 0 Å². The van der Waals surface area contributed by atoms with Crippen molar-refractivity contribution < 1.29 is 4.92 Å². The molecule has 0 aromatic heterocycles. The minimum absolute atomic E-state index is 0.186. The molecule has 2 aliphatic rings. The van der Waals surface area contributed by atoms with Crippen molar-refractivity contribution in [1.82, 2.24) is 0 Å². The van der Waals surface area contributed by atoms with Gasteiger partial charge in [0.25, 0.3) is 5.69 Å². The van der Waals surface area contributed by atoms with E-state index in [4.69, 9.17) is 0 Å². The molecular weight excluding hydrogens is 254 g/mol. The summed E-state index contributed by atoms with van der Waals surface area (Å²) < 4.78 is 0. The second-order valence-electron chi connectivity index (χ2n) is 6.07. The quantitative estimate of drug-likeness (QED) is 0.676. The molecule has 0 unspecified atom stereocenters. The summed E-state index contributed by atoms with van der Waals surface area (Å²) in [5, 5.41) is 14.4. The van der Waals surface area contributed by atoms with Gasteiger partial charge in [-0.3, -0.25) is 10.1 Å². The molecule has 0 amide bonds. The van der Waals surface area contributed by atoms with Crippen molar-refractivity contribution in [2.75, 3.05) is 23.3 Å². The highest BCUT2D eigenvalue weighted by atomic mass is 16.6. The molecule has 2 fully saturated rings. The first-order chi connectivity index (χ1) is 9.63. The van der Waals surface area contributed by atoms with Crippen LogP contribution in [-0.4, -0.2) is 24.1 Å². The van der Waals surface area contributed by atoms with E-state index in [2.05, 4.69) is 17.1 Å². The van der Waals surface area contributed by atoms with Crippen molar-refractivity contribution >= 4 is 17.1 Å². The Labute approximate surface area is 119 Å². The summed E-state index contributed by atoms with van der Waals surface area (Å²) in [6.07, 6.45) is 4.70. The van der Waals surface area contributed by atoms with Crippen LogP contribution in [0.5, 0.6) is 0 Å². The van der Waals surface area contributed by atoms with E-state index in [9.17, 15) is 10.1 Å². The van der Waals surface area contributed by atoms with E-state index >= 15 is 0 Å². The van der Waals surface area contributed by atoms with Gasteiger partial charge in [-0.05, 0) is 43.7 Å². The van der Waals surface area contributed by atoms with Gasteiger partial charge >= 0.3 is 0 Å². The number of hydrogen-bond acceptors (Lipinski definition) is 4. The van der Waals surface area contributed by atoms with E-state index in [1.807, 2.05) is 12.1 Å². The van der Waals surface area contributed by atoms with Crippen molar-refractivity contribution in [2.24, 2.45) is 5.92 Å². The van der Waals surface area contributed by atoms with Gasteiger partial charge in [0, 0.05) is 30.9 Å². The van der Waals surface area contributed by atoms with Crippen molar-refractivity contribution in [3.63, 3.8) is 0 Å². The summed E-state index contributed by atoms with van der Waals surface area (Å²) in [7, 11) is 0. The van der Waals surface area contributed by atoms with E-state index in [1.165, 1.54) is 12.8 Å². The largest absolute Gasteiger partial charge is 0.377 e. The second-order valence-corrected chi connectivity index (χ2v) is 6.07. The van der Waals surface area contributed by atoms with Gasteiger partial charge in [0.1, 0.15) is 5.69 Å². The lowest BCUT2D eigenvalue weighted by Crippen LogP contribution is -2.34. The fourth-order valence-corrected chi connectivity index (χ4v) is 2.87. The summed E-state index contributed by atoms with van der Waals surface area (Å²) in [5.74, 6) is 0.693. The molecule has 1 saturated heterocycles. The molecule has 0 spiro atoms. The monoisotopic (exact) mass is 275 g/mol. The fourth-order valence-electron chi connectivity index (χ4n) is 2.87. The number of nitro groups is 1. The molecule has 1 saturated carbocycles. The third-order valence-corrected chi connectivity index (χ3v) is 4.14. The van der Waals surface area contributed by atoms with E-state index in [0.717, 1.165) is 31.6 Å². The highest BCUT2D eigenvalue weighted by Crippen LogP contribution is 2.35. The lowest BCUT2D eigenvalue weighted by Gasteiger charge is -2.33. The van der Waals surface area contributed by atoms with Gasteiger partial charge in [-0.2, -0.15) is 0 Å². The van der Waals surface area contributed by atoms with Gasteiger partial charge in [-0.1, -0.05) is 6.92 Å². The predicted molar refractivity (Wildman–Crippen MR) is 80.4 cm³/mol. The van der Waals surface area contributed by atoms with E-state index < -0.39 is 0 Å². The van der Waals surface area contributed by atoms with Gasteiger partial charge in [0.05, 0.1) is 4.92 Å². The van der Waals surface area contributed by atoms with Gasteiger partial charge in [-0.25, -0.2) is 0 Å². The Kier molecular flexibility index (Phi) is 3.51. The Morgan fingerprint density at radius 3 is 2.80 bits per heavy atom. The smallest absolute Gasteiger partial charge is 0.292 e. The van der Waals surface area contributed by atoms with Crippen molar-refractivity contribution in [2.45, 2.75) is 38.6 Å². The zero-order valence-corrected chi connectivity index (χ0v) is 11.8. The zero-order valence-electron chi connectivity index (χ0n) is 11.8. The third kappa shape index (κ3) is 2.86. The van der Waals surface area contributed by atoms with Crippen LogP contribution in [0.3, 0.4) is 0 Å². The Balaban J connectivity index is 1.85. The van der Waals surface area contributed by atoms with Crippen LogP contribution in [0.4, 0.5) is 17.1 Å². The second kappa shape index (κ2) is 5.31. The molecule has 1 aromatic rings. The molecule has 1 heterocycles. The number of anilines is 2. The topological polar surface area (TPSA) is 58.4 Å². The van der Waals surface area contributed by atoms with Crippen molar-refractivity contribution in [3.8, 4) is 0 Å². The van der Waals surface area contributed by atoms with Gasteiger partial charge in [-0.15, -0.1) is 0 Å². The maximum atomic E-state index is 11.1. The summed E-state index contributed by atoms with van der Waals surface area (Å²) in [6.45, 7) is 4.35. The standard InChI is InChI=1S/C15H21N3O2/c1-11-3-2-8-17(10-11)13-6-7-15(18(19)20)14(9-13)16-12-4-5-12/h6-7,9,11-12,16H,2-5,8,10H2,1H3/t11-/m1/s1. The van der Waals surface area contributed by atoms with Crippen LogP contribution in [0.25, 0.3) is 0 Å². The molecule has 5 nitrogen and oxygen atoms in total. The highest BCUT2D eigenvalue weighted by Gasteiger charge is 2.26. The SMILES string of the molecule is C[C@@H]1CCCN(c2ccc([N+](=O)[O-])c(NC3CC3)c2)C1. The molecular formula is C15H21N3O2. The first-order valence-corrected chi connectivity index (χ1v) is 7.43. The minimum Gasteiger partial charge on any atom is -0.377 e. The molecule has 0 radical (unpaired) electrons. The van der Waals surface area contributed by atoms with Crippen LogP contribution in [0, 0.1) is 16.0 Å². The summed E-state index contributed by atoms with van der Waals surface area (Å²) in [4.78, 5) is 13.2. The average molecular weight is 275 g/mol. The minimum atomic E-state index is -0.298. The van der Waals surface area contributed by atoms with Crippen LogP contribution in [-0.2, 0) is 0 Å². The number of nitrogens with zero attached hydrogens (tertiary/aromatic N) is 2. The van der Waals surface area contributed by atoms with Crippen molar-refractivity contribution in [1.29, 1.82) is 0 Å². The lowest BCUT2D eigenvalue weighted by atomic mass is 9.99. The molecule has 1 N–H and O–H groups in total. The summed E-state index contributed by atoms with van der Waals surface area (Å²) in [5.41, 5.74) is 1.96. The fraction of sp³-hybridized carbons (Fsp3) is 0.600. The Morgan fingerprint density at radius 1 is 1.35 bits per heavy atom. The number of benzene rings is 1. The van der Waals surface area contributed by atoms with E-state index in [0.29, 0.717) is 17.6 Å². The first kappa shape index (κ1) is 13.2. The number of nitrogens with one attached hydrogen (secondary N) is 1. The lowest BCUT2D eigenvalue weighted by molar-refractivity contribution is -0.384. The number of nitro benzene ring substituents is 1. The maximum absolute atomic E-state index is 11.1. The van der Waals surface area contributed by atoms with Gasteiger partial charge in [0.2, 0.25) is 0 Å². The maximum Gasteiger partial charge on any atom is 0.292 e. The van der Waals surface area contributed by atoms with Crippen LogP contribution < -0.4 is 10.2 Å². The third-order valence-electron chi connectivity index (χ3n) is 4.14. The first-order valence-electron chi connectivity index (χ1n) is 7.43. The van der Waals surface area contributed by atoms with Crippen LogP contribution in [0.2, 0.25) is 0 Å². The Morgan fingerprint density at radius 2 is 2.15 bits per heavy atom. The highest BCUT2D eigenvalue weighted by molar-refractivity contribution is 5.69. The van der Waals surface area contributed by atoms with Crippen LogP contribution >= 0.6 is 0 Å². The predicted octanol–water partition coefficient (Wildman–Crippen LogP) is 3.41. The Hall–Kier alpha value is -1.78. The average Bonchev–Trinajstić information content (AvgIpc) is 3.22. The number of piperidine rings is 1.